The molecular weight excluding hydrogens is 356 g/mol. The molecule has 0 spiro atoms. The molecule has 1 aliphatic heterocycles. The first kappa shape index (κ1) is 18.3. The number of ether oxygens (including phenoxy) is 1. The van der Waals surface area contributed by atoms with E-state index in [0.29, 0.717) is 18.8 Å². The average Bonchev–Trinajstić information content (AvgIpc) is 3.05. The first-order valence-corrected chi connectivity index (χ1v) is 9.17. The van der Waals surface area contributed by atoms with Crippen molar-refractivity contribution in [1.82, 2.24) is 14.8 Å². The third-order valence-electron chi connectivity index (χ3n) is 4.17. The van der Waals surface area contributed by atoms with Crippen LogP contribution in [0.5, 0.6) is 5.75 Å². The fourth-order valence-corrected chi connectivity index (χ4v) is 3.39. The van der Waals surface area contributed by atoms with E-state index in [4.69, 9.17) is 4.74 Å². The second-order valence-corrected chi connectivity index (χ2v) is 7.12. The number of piperazine rings is 1. The Morgan fingerprint density at radius 1 is 1.35 bits per heavy atom. The molecule has 26 heavy (non-hydrogen) atoms. The molecule has 0 radical (unpaired) electrons. The average molecular weight is 376 g/mol. The molecule has 1 aromatic carbocycles. The first-order valence-electron chi connectivity index (χ1n) is 8.29. The van der Waals surface area contributed by atoms with Crippen LogP contribution in [0.1, 0.15) is 10.7 Å². The van der Waals surface area contributed by atoms with Crippen LogP contribution in [-0.4, -0.2) is 58.4 Å². The molecule has 2 heterocycles. The summed E-state index contributed by atoms with van der Waals surface area (Å²) >= 11 is 1.64. The van der Waals surface area contributed by atoms with Gasteiger partial charge in [-0.2, -0.15) is 0 Å². The summed E-state index contributed by atoms with van der Waals surface area (Å²) in [5, 5.41) is 13.9. The number of hydrogen-bond donors (Lipinski definition) is 0. The third-order valence-corrected chi connectivity index (χ3v) is 4.99. The van der Waals surface area contributed by atoms with Crippen LogP contribution in [0.25, 0.3) is 0 Å². The highest BCUT2D eigenvalue weighted by molar-refractivity contribution is 7.09. The summed E-state index contributed by atoms with van der Waals surface area (Å²) < 4.78 is 5.42. The molecule has 0 aliphatic carbocycles. The van der Waals surface area contributed by atoms with Crippen LogP contribution in [0, 0.1) is 17.0 Å². The maximum absolute atomic E-state index is 12.3. The highest BCUT2D eigenvalue weighted by atomic mass is 32.1. The number of benzene rings is 1. The van der Waals surface area contributed by atoms with E-state index in [1.165, 1.54) is 18.2 Å². The van der Waals surface area contributed by atoms with Gasteiger partial charge in [-0.3, -0.25) is 19.8 Å². The molecule has 0 N–H and O–H groups in total. The maximum Gasteiger partial charge on any atom is 0.273 e. The monoisotopic (exact) mass is 376 g/mol. The summed E-state index contributed by atoms with van der Waals surface area (Å²) in [5.41, 5.74) is 1.02. The van der Waals surface area contributed by atoms with Crippen molar-refractivity contribution < 1.29 is 14.5 Å². The standard InChI is InChI=1S/C17H20N4O4S/c1-13-18-14(12-26-13)10-19-5-7-20(8-6-19)17(22)11-25-16-4-2-3-15(9-16)21(23)24/h2-4,9,12H,5-8,10-11H2,1H3. The summed E-state index contributed by atoms with van der Waals surface area (Å²) in [6.07, 6.45) is 0. The number of hydrogen-bond acceptors (Lipinski definition) is 7. The number of carbonyl (C=O) groups is 1. The quantitative estimate of drug-likeness (QED) is 0.566. The summed E-state index contributed by atoms with van der Waals surface area (Å²) in [4.78, 5) is 31.1. The molecule has 8 nitrogen and oxygen atoms in total. The second-order valence-electron chi connectivity index (χ2n) is 6.06. The Balaban J connectivity index is 1.45. The number of non-ortho nitro benzene ring substituents is 1. The summed E-state index contributed by atoms with van der Waals surface area (Å²) in [6.45, 7) is 5.54. The minimum atomic E-state index is -0.488. The molecule has 1 aliphatic rings. The predicted molar refractivity (Wildman–Crippen MR) is 97.3 cm³/mol. The van der Waals surface area contributed by atoms with Gasteiger partial charge in [-0.05, 0) is 13.0 Å². The Bertz CT molecular complexity index is 787. The van der Waals surface area contributed by atoms with Crippen molar-refractivity contribution in [3.63, 3.8) is 0 Å². The van der Waals surface area contributed by atoms with Gasteiger partial charge in [0.05, 0.1) is 21.7 Å². The number of carbonyl (C=O) groups excluding carboxylic acids is 1. The maximum atomic E-state index is 12.3. The van der Waals surface area contributed by atoms with Crippen LogP contribution in [0.3, 0.4) is 0 Å². The number of rotatable bonds is 6. The topological polar surface area (TPSA) is 88.8 Å². The molecule has 9 heteroatoms. The van der Waals surface area contributed by atoms with Crippen molar-refractivity contribution in [3.05, 3.63) is 50.5 Å². The molecule has 1 amide bonds. The van der Waals surface area contributed by atoms with Gasteiger partial charge in [0.25, 0.3) is 11.6 Å². The molecule has 0 bridgehead atoms. The second kappa shape index (κ2) is 8.24. The number of aromatic nitrogens is 1. The molecule has 1 aromatic heterocycles. The number of nitrogens with zero attached hydrogens (tertiary/aromatic N) is 4. The number of nitro groups is 1. The number of nitro benzene ring substituents is 1. The van der Waals surface area contributed by atoms with E-state index >= 15 is 0 Å². The van der Waals surface area contributed by atoms with Gasteiger partial charge >= 0.3 is 0 Å². The zero-order chi connectivity index (χ0) is 18.5. The number of amides is 1. The van der Waals surface area contributed by atoms with Crippen LogP contribution >= 0.6 is 11.3 Å². The van der Waals surface area contributed by atoms with Crippen molar-refractivity contribution in [2.24, 2.45) is 0 Å². The highest BCUT2D eigenvalue weighted by Crippen LogP contribution is 2.19. The van der Waals surface area contributed by atoms with Gasteiger partial charge in [0.2, 0.25) is 0 Å². The predicted octanol–water partition coefficient (Wildman–Crippen LogP) is 2.08. The number of thiazole rings is 1. The van der Waals surface area contributed by atoms with Gasteiger partial charge < -0.3 is 9.64 Å². The van der Waals surface area contributed by atoms with Crippen molar-refractivity contribution in [3.8, 4) is 5.75 Å². The lowest BCUT2D eigenvalue weighted by Crippen LogP contribution is -2.49. The van der Waals surface area contributed by atoms with E-state index < -0.39 is 4.92 Å². The zero-order valence-electron chi connectivity index (χ0n) is 14.5. The van der Waals surface area contributed by atoms with Gasteiger partial charge in [-0.15, -0.1) is 11.3 Å². The molecule has 1 fully saturated rings. The molecule has 3 rings (SSSR count). The minimum Gasteiger partial charge on any atom is -0.484 e. The summed E-state index contributed by atoms with van der Waals surface area (Å²) in [7, 11) is 0. The molecule has 0 saturated carbocycles. The summed E-state index contributed by atoms with van der Waals surface area (Å²) in [6, 6.07) is 5.85. The fourth-order valence-electron chi connectivity index (χ4n) is 2.79. The molecule has 0 unspecified atom stereocenters. The van der Waals surface area contributed by atoms with Crippen molar-refractivity contribution in [2.75, 3.05) is 32.8 Å². The molecule has 0 atom stereocenters. The van der Waals surface area contributed by atoms with Crippen molar-refractivity contribution >= 4 is 22.9 Å². The normalized spacial score (nSPS) is 15.0. The Kier molecular flexibility index (Phi) is 5.79. The molecule has 2 aromatic rings. The van der Waals surface area contributed by atoms with E-state index in [1.54, 1.807) is 22.3 Å². The van der Waals surface area contributed by atoms with Crippen molar-refractivity contribution in [1.29, 1.82) is 0 Å². The fraction of sp³-hybridized carbons (Fsp3) is 0.412. The first-order chi connectivity index (χ1) is 12.5. The van der Waals surface area contributed by atoms with Crippen LogP contribution < -0.4 is 4.74 Å². The highest BCUT2D eigenvalue weighted by Gasteiger charge is 2.22. The van der Waals surface area contributed by atoms with Crippen LogP contribution in [-0.2, 0) is 11.3 Å². The number of aryl methyl sites for hydroxylation is 1. The van der Waals surface area contributed by atoms with Crippen LogP contribution in [0.15, 0.2) is 29.6 Å². The lowest BCUT2D eigenvalue weighted by Gasteiger charge is -2.34. The Labute approximate surface area is 155 Å². The van der Waals surface area contributed by atoms with Crippen molar-refractivity contribution in [2.45, 2.75) is 13.5 Å². The van der Waals surface area contributed by atoms with E-state index in [2.05, 4.69) is 15.3 Å². The molecular formula is C17H20N4O4S. The van der Waals surface area contributed by atoms with Gasteiger partial charge in [0, 0.05) is 44.2 Å². The van der Waals surface area contributed by atoms with Gasteiger partial charge in [-0.25, -0.2) is 4.98 Å². The SMILES string of the molecule is Cc1nc(CN2CCN(C(=O)COc3cccc([N+](=O)[O-])c3)CC2)cs1. The van der Waals surface area contributed by atoms with Crippen LogP contribution in [0.2, 0.25) is 0 Å². The van der Waals surface area contributed by atoms with E-state index in [1.807, 2.05) is 6.92 Å². The van der Waals surface area contributed by atoms with E-state index in [0.717, 1.165) is 30.3 Å². The van der Waals surface area contributed by atoms with Gasteiger partial charge in [0.15, 0.2) is 6.61 Å². The van der Waals surface area contributed by atoms with Gasteiger partial charge in [-0.1, -0.05) is 6.07 Å². The largest absolute Gasteiger partial charge is 0.484 e. The van der Waals surface area contributed by atoms with E-state index in [-0.39, 0.29) is 18.2 Å². The minimum absolute atomic E-state index is 0.0548. The molecule has 1 saturated heterocycles. The van der Waals surface area contributed by atoms with Gasteiger partial charge in [0.1, 0.15) is 5.75 Å². The smallest absolute Gasteiger partial charge is 0.273 e. The summed E-state index contributed by atoms with van der Waals surface area (Å²) in [5.74, 6) is 0.214. The van der Waals surface area contributed by atoms with Crippen LogP contribution in [0.4, 0.5) is 5.69 Å². The Morgan fingerprint density at radius 2 is 2.12 bits per heavy atom. The van der Waals surface area contributed by atoms with E-state index in [9.17, 15) is 14.9 Å². The Morgan fingerprint density at radius 3 is 2.77 bits per heavy atom. The lowest BCUT2D eigenvalue weighted by atomic mass is 10.3. The third kappa shape index (κ3) is 4.77. The lowest BCUT2D eigenvalue weighted by molar-refractivity contribution is -0.384. The zero-order valence-corrected chi connectivity index (χ0v) is 15.3. The molecule has 138 valence electrons. The Hall–Kier alpha value is -2.52.